The molecule has 41 heavy (non-hydrogen) atoms. The van der Waals surface area contributed by atoms with Crippen molar-refractivity contribution >= 4 is 11.6 Å². The van der Waals surface area contributed by atoms with E-state index in [0.717, 1.165) is 51.7 Å². The molecule has 3 saturated heterocycles. The summed E-state index contributed by atoms with van der Waals surface area (Å²) in [5, 5.41) is 28.0. The van der Waals surface area contributed by atoms with Crippen molar-refractivity contribution in [3.63, 3.8) is 0 Å². The minimum absolute atomic E-state index is 0.0193. The van der Waals surface area contributed by atoms with Crippen molar-refractivity contribution in [3.8, 4) is 16.9 Å². The number of fused-ring (bicyclic) bond motifs is 4. The molecular formula is C29H40ClN9O2. The van der Waals surface area contributed by atoms with Gasteiger partial charge in [0, 0.05) is 48.4 Å². The van der Waals surface area contributed by atoms with E-state index in [-0.39, 0.29) is 24.2 Å². The quantitative estimate of drug-likeness (QED) is 0.367. The zero-order valence-electron chi connectivity index (χ0n) is 23.7. The molecule has 1 aromatic carbocycles. The number of nitrogens with zero attached hydrogens (tertiary/aromatic N) is 6. The standard InChI is InChI=1S/C29H40ClN9O2/c1-18-4-3-5-27(24-10-19(8-9-31-24)29-25(32-13-18)14-34-37(29)2)38-17-33-23(12-28(38)41)22-11-20(30)6-7-26(22)39-15-21(16-40)35-36-39/h6-7,11-12,15,17-19,24-25,27,29,31-32,34,40H,3-5,8-10,13-14,16H2,1-2H3/t18-,19?,24?,25?,27+,29?/m1/s1. The third-order valence-electron chi connectivity index (χ3n) is 9.15. The summed E-state index contributed by atoms with van der Waals surface area (Å²) < 4.78 is 3.41. The second-order valence-corrected chi connectivity index (χ2v) is 12.4. The number of piperidine rings is 1. The first kappa shape index (κ1) is 28.4. The van der Waals surface area contributed by atoms with Crippen LogP contribution in [0.5, 0.6) is 0 Å². The number of nitrogens with one attached hydrogen (secondary N) is 3. The topological polar surface area (TPSA) is 125 Å². The van der Waals surface area contributed by atoms with Gasteiger partial charge in [-0.05, 0) is 68.8 Å². The summed E-state index contributed by atoms with van der Waals surface area (Å²) in [5.74, 6) is 1.09. The highest BCUT2D eigenvalue weighted by Gasteiger charge is 2.41. The smallest absolute Gasteiger partial charge is 0.254 e. The highest BCUT2D eigenvalue weighted by atomic mass is 35.5. The molecule has 0 aliphatic carbocycles. The zero-order chi connectivity index (χ0) is 28.5. The second-order valence-electron chi connectivity index (χ2n) is 11.9. The van der Waals surface area contributed by atoms with Crippen LogP contribution in [0.1, 0.15) is 50.8 Å². The number of hydrogen-bond acceptors (Lipinski definition) is 9. The second kappa shape index (κ2) is 12.3. The van der Waals surface area contributed by atoms with Gasteiger partial charge in [0.1, 0.15) is 5.69 Å². The average Bonchev–Trinajstić information content (AvgIpc) is 3.60. The Hall–Kier alpha value is -2.67. The first-order valence-electron chi connectivity index (χ1n) is 14.7. The van der Waals surface area contributed by atoms with Gasteiger partial charge in [-0.2, -0.15) is 0 Å². The lowest BCUT2D eigenvalue weighted by molar-refractivity contribution is 0.108. The summed E-state index contributed by atoms with van der Waals surface area (Å²) in [4.78, 5) is 18.6. The molecule has 4 N–H and O–H groups in total. The van der Waals surface area contributed by atoms with Crippen LogP contribution in [0.4, 0.5) is 0 Å². The maximum atomic E-state index is 13.8. The Labute approximate surface area is 245 Å². The lowest BCUT2D eigenvalue weighted by Crippen LogP contribution is -2.54. The normalized spacial score (nSPS) is 29.5. The minimum Gasteiger partial charge on any atom is -0.390 e. The Morgan fingerprint density at radius 3 is 2.80 bits per heavy atom. The summed E-state index contributed by atoms with van der Waals surface area (Å²) in [6.07, 6.45) is 8.58. The maximum absolute atomic E-state index is 13.8. The summed E-state index contributed by atoms with van der Waals surface area (Å²) in [6.45, 7) is 5.02. The van der Waals surface area contributed by atoms with Crippen LogP contribution < -0.4 is 21.6 Å². The number of aliphatic hydroxyl groups is 1. The molecule has 0 spiro atoms. The number of benzene rings is 1. The van der Waals surface area contributed by atoms with Crippen LogP contribution in [-0.2, 0) is 6.61 Å². The van der Waals surface area contributed by atoms with Gasteiger partial charge in [0.25, 0.3) is 5.56 Å². The Kier molecular flexibility index (Phi) is 8.52. The molecule has 0 amide bonds. The number of aromatic nitrogens is 5. The summed E-state index contributed by atoms with van der Waals surface area (Å²) in [7, 11) is 2.16. The first-order chi connectivity index (χ1) is 19.9. The number of rotatable bonds is 4. The summed E-state index contributed by atoms with van der Waals surface area (Å²) in [6, 6.07) is 8.03. The van der Waals surface area contributed by atoms with E-state index in [1.54, 1.807) is 35.4 Å². The van der Waals surface area contributed by atoms with E-state index in [0.29, 0.717) is 51.6 Å². The predicted octanol–water partition coefficient (Wildman–Crippen LogP) is 2.14. The van der Waals surface area contributed by atoms with Gasteiger partial charge in [0.05, 0.1) is 36.6 Å². The molecule has 4 unspecified atom stereocenters. The minimum atomic E-state index is -0.210. The van der Waals surface area contributed by atoms with Gasteiger partial charge in [-0.25, -0.2) is 14.7 Å². The maximum Gasteiger partial charge on any atom is 0.254 e. The van der Waals surface area contributed by atoms with Crippen molar-refractivity contribution in [1.29, 1.82) is 0 Å². The SMILES string of the molecule is C[C@@H]1CCC[C@H](n2cnc(-c3cc(Cl)ccc3-n3cc(CO)nn3)cc2=O)C2CC(CCN2)C2C(CNN2C)NC1. The molecule has 11 nitrogen and oxygen atoms in total. The molecule has 12 heteroatoms. The molecule has 3 aromatic rings. The van der Waals surface area contributed by atoms with Crippen molar-refractivity contribution in [2.75, 3.05) is 26.7 Å². The van der Waals surface area contributed by atoms with Gasteiger partial charge < -0.3 is 15.7 Å². The van der Waals surface area contributed by atoms with Crippen LogP contribution in [0.2, 0.25) is 5.02 Å². The molecule has 6 atom stereocenters. The number of hydrazine groups is 1. The number of halogens is 1. The van der Waals surface area contributed by atoms with Gasteiger partial charge in [-0.15, -0.1) is 5.10 Å². The monoisotopic (exact) mass is 581 g/mol. The van der Waals surface area contributed by atoms with E-state index in [4.69, 9.17) is 16.6 Å². The fraction of sp³-hybridized carbons (Fsp3) is 0.586. The van der Waals surface area contributed by atoms with Crippen molar-refractivity contribution in [3.05, 3.63) is 57.9 Å². The molecule has 5 heterocycles. The van der Waals surface area contributed by atoms with E-state index >= 15 is 0 Å². The molecule has 2 aromatic heterocycles. The van der Waals surface area contributed by atoms with Crippen LogP contribution in [0.25, 0.3) is 16.9 Å². The van der Waals surface area contributed by atoms with Crippen LogP contribution in [0.15, 0.2) is 41.6 Å². The molecule has 3 fully saturated rings. The summed E-state index contributed by atoms with van der Waals surface area (Å²) in [5.41, 5.74) is 5.81. The van der Waals surface area contributed by atoms with Crippen LogP contribution in [-0.4, -0.2) is 79.5 Å². The average molecular weight is 582 g/mol. The Morgan fingerprint density at radius 2 is 2.00 bits per heavy atom. The van der Waals surface area contributed by atoms with Crippen molar-refractivity contribution < 1.29 is 5.11 Å². The van der Waals surface area contributed by atoms with Gasteiger partial charge in [-0.3, -0.25) is 14.8 Å². The van der Waals surface area contributed by atoms with E-state index in [9.17, 15) is 9.90 Å². The van der Waals surface area contributed by atoms with E-state index in [1.807, 2.05) is 10.6 Å². The first-order valence-corrected chi connectivity index (χ1v) is 15.1. The predicted molar refractivity (Wildman–Crippen MR) is 158 cm³/mol. The van der Waals surface area contributed by atoms with Crippen molar-refractivity contribution in [2.24, 2.45) is 11.8 Å². The third kappa shape index (κ3) is 5.97. The Morgan fingerprint density at radius 1 is 1.12 bits per heavy atom. The number of likely N-dealkylation sites (N-methyl/N-ethyl adjacent to an activating group) is 1. The highest BCUT2D eigenvalue weighted by Crippen LogP contribution is 2.34. The summed E-state index contributed by atoms with van der Waals surface area (Å²) >= 11 is 6.37. The molecule has 3 aliphatic rings. The molecule has 6 rings (SSSR count). The van der Waals surface area contributed by atoms with Crippen LogP contribution >= 0.6 is 11.6 Å². The number of aliphatic hydroxyl groups excluding tert-OH is 1. The van der Waals surface area contributed by atoms with Crippen LogP contribution in [0, 0.1) is 11.8 Å². The molecule has 0 saturated carbocycles. The van der Waals surface area contributed by atoms with Crippen molar-refractivity contribution in [1.82, 2.24) is 45.6 Å². The van der Waals surface area contributed by atoms with E-state index in [2.05, 4.69) is 45.4 Å². The number of hydrogen-bond donors (Lipinski definition) is 4. The Balaban J connectivity index is 1.33. The van der Waals surface area contributed by atoms with Crippen molar-refractivity contribution in [2.45, 2.75) is 69.8 Å². The fourth-order valence-corrected chi connectivity index (χ4v) is 7.21. The Bertz CT molecular complexity index is 1410. The molecule has 3 aliphatic heterocycles. The van der Waals surface area contributed by atoms with Gasteiger partial charge in [-0.1, -0.05) is 30.2 Å². The lowest BCUT2D eigenvalue weighted by Gasteiger charge is -2.42. The van der Waals surface area contributed by atoms with Gasteiger partial charge in [0.2, 0.25) is 0 Å². The fourth-order valence-electron chi connectivity index (χ4n) is 7.03. The van der Waals surface area contributed by atoms with Gasteiger partial charge in [0.15, 0.2) is 0 Å². The highest BCUT2D eigenvalue weighted by molar-refractivity contribution is 6.31. The van der Waals surface area contributed by atoms with Crippen LogP contribution in [0.3, 0.4) is 0 Å². The molecular weight excluding hydrogens is 542 g/mol. The molecule has 0 radical (unpaired) electrons. The molecule has 220 valence electrons. The third-order valence-corrected chi connectivity index (χ3v) is 9.38. The van der Waals surface area contributed by atoms with Gasteiger partial charge >= 0.3 is 0 Å². The lowest BCUT2D eigenvalue weighted by atomic mass is 9.80. The van der Waals surface area contributed by atoms with E-state index < -0.39 is 0 Å². The zero-order valence-corrected chi connectivity index (χ0v) is 24.5. The van der Waals surface area contributed by atoms with E-state index in [1.165, 1.54) is 0 Å². The molecule has 2 bridgehead atoms. The largest absolute Gasteiger partial charge is 0.390 e.